The standard InChI is InChI=1S/C10H9ClFNO/c1-5-3-7(11)10(14)8(9(5)12)6(2)4-13/h3,6,14H,1-2H3. The van der Waals surface area contributed by atoms with Crippen LogP contribution in [0.2, 0.25) is 5.02 Å². The fraction of sp³-hybridized carbons (Fsp3) is 0.300. The van der Waals surface area contributed by atoms with E-state index >= 15 is 0 Å². The van der Waals surface area contributed by atoms with E-state index in [9.17, 15) is 9.50 Å². The van der Waals surface area contributed by atoms with Gasteiger partial charge in [0.15, 0.2) is 0 Å². The van der Waals surface area contributed by atoms with Crippen LogP contribution in [-0.4, -0.2) is 5.11 Å². The number of aromatic hydroxyl groups is 1. The summed E-state index contributed by atoms with van der Waals surface area (Å²) in [5.74, 6) is -1.63. The molecule has 0 aliphatic carbocycles. The molecule has 1 atom stereocenters. The third kappa shape index (κ3) is 1.66. The minimum Gasteiger partial charge on any atom is -0.506 e. The molecule has 0 bridgehead atoms. The van der Waals surface area contributed by atoms with E-state index in [1.807, 2.05) is 6.07 Å². The van der Waals surface area contributed by atoms with Crippen LogP contribution >= 0.6 is 11.6 Å². The van der Waals surface area contributed by atoms with E-state index in [1.54, 1.807) is 0 Å². The second-order valence-corrected chi connectivity index (χ2v) is 3.51. The first-order valence-corrected chi connectivity index (χ1v) is 4.44. The van der Waals surface area contributed by atoms with E-state index in [0.29, 0.717) is 5.56 Å². The third-order valence-electron chi connectivity index (χ3n) is 2.03. The Balaban J connectivity index is 3.49. The molecule has 1 N–H and O–H groups in total. The van der Waals surface area contributed by atoms with Crippen molar-refractivity contribution in [1.82, 2.24) is 0 Å². The minimum absolute atomic E-state index is 0.0301. The van der Waals surface area contributed by atoms with Gasteiger partial charge in [0.1, 0.15) is 11.6 Å². The smallest absolute Gasteiger partial charge is 0.141 e. The van der Waals surface area contributed by atoms with Gasteiger partial charge < -0.3 is 5.11 Å². The Bertz CT molecular complexity index is 385. The van der Waals surface area contributed by atoms with Gasteiger partial charge in [-0.3, -0.25) is 0 Å². The normalized spacial score (nSPS) is 12.2. The first-order chi connectivity index (χ1) is 6.49. The average Bonchev–Trinajstić information content (AvgIpc) is 2.15. The Labute approximate surface area is 86.5 Å². The lowest BCUT2D eigenvalue weighted by Gasteiger charge is -2.11. The van der Waals surface area contributed by atoms with E-state index in [2.05, 4.69) is 0 Å². The summed E-state index contributed by atoms with van der Waals surface area (Å²) >= 11 is 5.67. The number of aryl methyl sites for hydroxylation is 1. The van der Waals surface area contributed by atoms with Crippen molar-refractivity contribution in [2.75, 3.05) is 0 Å². The van der Waals surface area contributed by atoms with E-state index in [0.717, 1.165) is 0 Å². The Morgan fingerprint density at radius 1 is 1.64 bits per heavy atom. The van der Waals surface area contributed by atoms with Crippen LogP contribution in [0.5, 0.6) is 5.75 Å². The lowest BCUT2D eigenvalue weighted by Crippen LogP contribution is -1.98. The van der Waals surface area contributed by atoms with Gasteiger partial charge in [0, 0.05) is 5.56 Å². The van der Waals surface area contributed by atoms with Gasteiger partial charge in [0.2, 0.25) is 0 Å². The number of hydrogen-bond donors (Lipinski definition) is 1. The molecule has 0 radical (unpaired) electrons. The molecule has 1 aromatic rings. The SMILES string of the molecule is Cc1cc(Cl)c(O)c(C(C)C#N)c1F. The zero-order chi connectivity index (χ0) is 10.9. The van der Waals surface area contributed by atoms with Gasteiger partial charge in [-0.2, -0.15) is 5.26 Å². The molecule has 1 unspecified atom stereocenters. The summed E-state index contributed by atoms with van der Waals surface area (Å²) in [6.07, 6.45) is 0. The minimum atomic E-state index is -0.715. The quantitative estimate of drug-likeness (QED) is 0.779. The van der Waals surface area contributed by atoms with Crippen LogP contribution in [0.3, 0.4) is 0 Å². The molecule has 74 valence electrons. The van der Waals surface area contributed by atoms with Crippen molar-refractivity contribution in [3.8, 4) is 11.8 Å². The fourth-order valence-electron chi connectivity index (χ4n) is 1.23. The van der Waals surface area contributed by atoms with Crippen molar-refractivity contribution in [2.45, 2.75) is 19.8 Å². The molecule has 0 aromatic heterocycles. The topological polar surface area (TPSA) is 44.0 Å². The molecule has 0 fully saturated rings. The Morgan fingerprint density at radius 2 is 2.21 bits per heavy atom. The summed E-state index contributed by atoms with van der Waals surface area (Å²) in [6, 6.07) is 3.19. The molecule has 0 spiro atoms. The van der Waals surface area contributed by atoms with Gasteiger partial charge in [-0.05, 0) is 25.5 Å². The van der Waals surface area contributed by atoms with Crippen LogP contribution in [0, 0.1) is 24.1 Å². The fourth-order valence-corrected chi connectivity index (χ4v) is 1.49. The molecular weight excluding hydrogens is 205 g/mol. The number of phenolic OH excluding ortho intramolecular Hbond substituents is 1. The molecule has 0 heterocycles. The predicted molar refractivity (Wildman–Crippen MR) is 51.8 cm³/mol. The molecular formula is C10H9ClFNO. The maximum absolute atomic E-state index is 13.5. The third-order valence-corrected chi connectivity index (χ3v) is 2.32. The molecule has 2 nitrogen and oxygen atoms in total. The number of halogens is 2. The summed E-state index contributed by atoms with van der Waals surface area (Å²) < 4.78 is 13.5. The van der Waals surface area contributed by atoms with Crippen molar-refractivity contribution in [3.05, 3.63) is 28.0 Å². The lowest BCUT2D eigenvalue weighted by molar-refractivity contribution is 0.456. The highest BCUT2D eigenvalue weighted by molar-refractivity contribution is 6.32. The van der Waals surface area contributed by atoms with Crippen LogP contribution in [0.1, 0.15) is 24.0 Å². The van der Waals surface area contributed by atoms with Crippen LogP contribution in [-0.2, 0) is 0 Å². The number of phenols is 1. The Morgan fingerprint density at radius 3 is 2.71 bits per heavy atom. The molecule has 0 amide bonds. The van der Waals surface area contributed by atoms with Gasteiger partial charge in [-0.1, -0.05) is 11.6 Å². The molecule has 0 saturated heterocycles. The highest BCUT2D eigenvalue weighted by Crippen LogP contribution is 2.36. The number of nitrogens with zero attached hydrogens (tertiary/aromatic N) is 1. The number of hydrogen-bond acceptors (Lipinski definition) is 2. The van der Waals surface area contributed by atoms with Crippen LogP contribution in [0.15, 0.2) is 6.07 Å². The first-order valence-electron chi connectivity index (χ1n) is 4.06. The van der Waals surface area contributed by atoms with Crippen molar-refractivity contribution in [3.63, 3.8) is 0 Å². The molecule has 0 saturated carbocycles. The van der Waals surface area contributed by atoms with Crippen LogP contribution in [0.4, 0.5) is 4.39 Å². The number of nitriles is 1. The monoisotopic (exact) mass is 213 g/mol. The van der Waals surface area contributed by atoms with Crippen molar-refractivity contribution in [2.24, 2.45) is 0 Å². The summed E-state index contributed by atoms with van der Waals surface area (Å²) in [7, 11) is 0. The molecule has 0 aliphatic rings. The lowest BCUT2D eigenvalue weighted by atomic mass is 9.98. The second-order valence-electron chi connectivity index (χ2n) is 3.10. The van der Waals surface area contributed by atoms with Gasteiger partial charge in [0.05, 0.1) is 17.0 Å². The van der Waals surface area contributed by atoms with Crippen molar-refractivity contribution < 1.29 is 9.50 Å². The van der Waals surface area contributed by atoms with Crippen molar-refractivity contribution in [1.29, 1.82) is 5.26 Å². The summed E-state index contributed by atoms with van der Waals surface area (Å²) in [6.45, 7) is 3.04. The van der Waals surface area contributed by atoms with E-state index in [4.69, 9.17) is 16.9 Å². The Kier molecular flexibility index (Phi) is 2.97. The largest absolute Gasteiger partial charge is 0.506 e. The number of benzene rings is 1. The van der Waals surface area contributed by atoms with Crippen LogP contribution < -0.4 is 0 Å². The zero-order valence-corrected chi connectivity index (χ0v) is 8.56. The molecule has 4 heteroatoms. The van der Waals surface area contributed by atoms with Gasteiger partial charge in [-0.15, -0.1) is 0 Å². The second kappa shape index (κ2) is 3.85. The number of rotatable bonds is 1. The summed E-state index contributed by atoms with van der Waals surface area (Å²) in [4.78, 5) is 0. The van der Waals surface area contributed by atoms with Gasteiger partial charge in [0.25, 0.3) is 0 Å². The van der Waals surface area contributed by atoms with Crippen LogP contribution in [0.25, 0.3) is 0 Å². The van der Waals surface area contributed by atoms with E-state index in [-0.39, 0.29) is 16.3 Å². The molecule has 14 heavy (non-hydrogen) atoms. The highest BCUT2D eigenvalue weighted by atomic mass is 35.5. The zero-order valence-electron chi connectivity index (χ0n) is 7.81. The van der Waals surface area contributed by atoms with Crippen molar-refractivity contribution >= 4 is 11.6 Å². The van der Waals surface area contributed by atoms with E-state index in [1.165, 1.54) is 19.9 Å². The van der Waals surface area contributed by atoms with Gasteiger partial charge in [-0.25, -0.2) is 4.39 Å². The summed E-state index contributed by atoms with van der Waals surface area (Å²) in [5.41, 5.74) is 0.294. The predicted octanol–water partition coefficient (Wildman–Crippen LogP) is 3.12. The maximum Gasteiger partial charge on any atom is 0.141 e. The first kappa shape index (κ1) is 10.8. The highest BCUT2D eigenvalue weighted by Gasteiger charge is 2.19. The average molecular weight is 214 g/mol. The Hall–Kier alpha value is -1.27. The van der Waals surface area contributed by atoms with E-state index < -0.39 is 11.7 Å². The molecule has 1 aromatic carbocycles. The molecule has 1 rings (SSSR count). The summed E-state index contributed by atoms with van der Waals surface area (Å²) in [5, 5.41) is 18.2. The molecule has 0 aliphatic heterocycles. The van der Waals surface area contributed by atoms with Gasteiger partial charge >= 0.3 is 0 Å². The maximum atomic E-state index is 13.5.